The van der Waals surface area contributed by atoms with Crippen molar-refractivity contribution in [2.45, 2.75) is 13.5 Å². The third-order valence-electron chi connectivity index (χ3n) is 3.89. The fourth-order valence-electron chi connectivity index (χ4n) is 2.55. The van der Waals surface area contributed by atoms with E-state index in [9.17, 15) is 0 Å². The molecular weight excluding hydrogens is 324 g/mol. The first kappa shape index (κ1) is 18.2. The van der Waals surface area contributed by atoms with Crippen molar-refractivity contribution in [1.29, 1.82) is 0 Å². The quantitative estimate of drug-likeness (QED) is 0.676. The Hall–Kier alpha value is -2.17. The first-order valence-electron chi connectivity index (χ1n) is 7.81. The molecule has 0 aromatic heterocycles. The molecule has 0 spiro atoms. The number of nitrogens with zero attached hydrogens (tertiary/aromatic N) is 1. The van der Waals surface area contributed by atoms with E-state index in [4.69, 9.17) is 15.2 Å². The van der Waals surface area contributed by atoms with Crippen LogP contribution in [0.3, 0.4) is 0 Å². The zero-order valence-electron chi connectivity index (χ0n) is 13.8. The standard InChI is InChI=1S/C19H22N2O2.ClH/c1-15-11-17(7-8-19(15)20)23-14-18-13-21(9-10-22-18)12-16-5-3-2-4-6-16;/h2-8,11,14H,9-10,12-13,20H2,1H3;1H. The van der Waals surface area contributed by atoms with Gasteiger partial charge in [-0.2, -0.15) is 0 Å². The number of halogens is 1. The molecule has 2 aromatic carbocycles. The minimum atomic E-state index is 0. The lowest BCUT2D eigenvalue weighted by Gasteiger charge is -2.28. The third-order valence-corrected chi connectivity index (χ3v) is 3.89. The fourth-order valence-corrected chi connectivity index (χ4v) is 2.55. The monoisotopic (exact) mass is 346 g/mol. The molecule has 24 heavy (non-hydrogen) atoms. The van der Waals surface area contributed by atoms with Crippen LogP contribution in [-0.2, 0) is 11.3 Å². The Morgan fingerprint density at radius 1 is 1.21 bits per heavy atom. The van der Waals surface area contributed by atoms with Gasteiger partial charge < -0.3 is 15.2 Å². The molecule has 0 saturated carbocycles. The molecule has 0 unspecified atom stereocenters. The van der Waals surface area contributed by atoms with Crippen molar-refractivity contribution < 1.29 is 9.47 Å². The molecule has 128 valence electrons. The van der Waals surface area contributed by atoms with Gasteiger partial charge in [0.1, 0.15) is 24.4 Å². The normalized spacial score (nSPS) is 16.3. The van der Waals surface area contributed by atoms with Crippen molar-refractivity contribution in [2.24, 2.45) is 0 Å². The number of rotatable bonds is 4. The number of hydrogen-bond acceptors (Lipinski definition) is 4. The first-order chi connectivity index (χ1) is 11.2. The van der Waals surface area contributed by atoms with Crippen LogP contribution in [-0.4, -0.2) is 24.6 Å². The maximum atomic E-state index is 5.82. The second-order valence-electron chi connectivity index (χ2n) is 5.77. The van der Waals surface area contributed by atoms with Gasteiger partial charge in [0.25, 0.3) is 0 Å². The van der Waals surface area contributed by atoms with Gasteiger partial charge in [-0.3, -0.25) is 4.90 Å². The van der Waals surface area contributed by atoms with Gasteiger partial charge in [0.15, 0.2) is 0 Å². The highest BCUT2D eigenvalue weighted by molar-refractivity contribution is 5.85. The van der Waals surface area contributed by atoms with Crippen LogP contribution < -0.4 is 10.5 Å². The van der Waals surface area contributed by atoms with Crippen LogP contribution in [0.2, 0.25) is 0 Å². The van der Waals surface area contributed by atoms with Gasteiger partial charge in [-0.05, 0) is 36.2 Å². The zero-order chi connectivity index (χ0) is 16.1. The Bertz CT molecular complexity index is 689. The summed E-state index contributed by atoms with van der Waals surface area (Å²) in [6.45, 7) is 5.25. The second kappa shape index (κ2) is 8.62. The predicted octanol–water partition coefficient (Wildman–Crippen LogP) is 3.75. The average Bonchev–Trinajstić information content (AvgIpc) is 2.57. The first-order valence-corrected chi connectivity index (χ1v) is 7.81. The summed E-state index contributed by atoms with van der Waals surface area (Å²) in [5, 5.41) is 0. The number of anilines is 1. The van der Waals surface area contributed by atoms with Crippen LogP contribution in [0.25, 0.3) is 0 Å². The molecule has 0 bridgehead atoms. The minimum absolute atomic E-state index is 0. The summed E-state index contributed by atoms with van der Waals surface area (Å²) >= 11 is 0. The topological polar surface area (TPSA) is 47.7 Å². The lowest BCUT2D eigenvalue weighted by Crippen LogP contribution is -2.34. The van der Waals surface area contributed by atoms with Gasteiger partial charge in [0.2, 0.25) is 0 Å². The number of hydrogen-bond donors (Lipinski definition) is 1. The molecule has 1 saturated heterocycles. The predicted molar refractivity (Wildman–Crippen MR) is 99.2 cm³/mol. The van der Waals surface area contributed by atoms with E-state index in [0.29, 0.717) is 6.61 Å². The SMILES string of the molecule is Cc1cc(OC=C2CN(Cc3ccccc3)CCO2)ccc1N.Cl. The Balaban J connectivity index is 0.00000208. The number of nitrogens with two attached hydrogens (primary N) is 1. The highest BCUT2D eigenvalue weighted by atomic mass is 35.5. The van der Waals surface area contributed by atoms with Gasteiger partial charge in [-0.25, -0.2) is 0 Å². The smallest absolute Gasteiger partial charge is 0.145 e. The Morgan fingerprint density at radius 3 is 2.75 bits per heavy atom. The summed E-state index contributed by atoms with van der Waals surface area (Å²) < 4.78 is 11.4. The molecule has 4 nitrogen and oxygen atoms in total. The largest absolute Gasteiger partial charge is 0.492 e. The number of aryl methyl sites for hydroxylation is 1. The van der Waals surface area contributed by atoms with Crippen molar-refractivity contribution in [1.82, 2.24) is 4.90 Å². The van der Waals surface area contributed by atoms with Gasteiger partial charge >= 0.3 is 0 Å². The van der Waals surface area contributed by atoms with Crippen molar-refractivity contribution in [3.63, 3.8) is 0 Å². The number of nitrogen functional groups attached to an aromatic ring is 1. The van der Waals surface area contributed by atoms with Crippen molar-refractivity contribution >= 4 is 18.1 Å². The summed E-state index contributed by atoms with van der Waals surface area (Å²) in [7, 11) is 0. The molecule has 1 fully saturated rings. The molecule has 2 aromatic rings. The van der Waals surface area contributed by atoms with E-state index in [1.54, 1.807) is 6.26 Å². The van der Waals surface area contributed by atoms with E-state index in [1.165, 1.54) is 5.56 Å². The number of morpholine rings is 1. The van der Waals surface area contributed by atoms with E-state index in [0.717, 1.165) is 42.4 Å². The van der Waals surface area contributed by atoms with Crippen LogP contribution in [0.15, 0.2) is 60.6 Å². The van der Waals surface area contributed by atoms with Crippen LogP contribution in [0, 0.1) is 6.92 Å². The minimum Gasteiger partial charge on any atom is -0.492 e. The average molecular weight is 347 g/mol. The molecule has 1 aliphatic heterocycles. The van der Waals surface area contributed by atoms with Crippen molar-refractivity contribution in [3.05, 3.63) is 71.7 Å². The molecule has 0 amide bonds. The van der Waals surface area contributed by atoms with Gasteiger partial charge in [0, 0.05) is 18.8 Å². The summed E-state index contributed by atoms with van der Waals surface area (Å²) in [5.74, 6) is 1.62. The van der Waals surface area contributed by atoms with Crippen LogP contribution in [0.4, 0.5) is 5.69 Å². The third kappa shape index (κ3) is 4.91. The van der Waals surface area contributed by atoms with E-state index in [-0.39, 0.29) is 12.4 Å². The molecular formula is C19H23ClN2O2. The zero-order valence-corrected chi connectivity index (χ0v) is 14.6. The molecule has 0 aliphatic carbocycles. The van der Waals surface area contributed by atoms with Crippen LogP contribution >= 0.6 is 12.4 Å². The van der Waals surface area contributed by atoms with Gasteiger partial charge in [0.05, 0.1) is 6.54 Å². The number of benzene rings is 2. The van der Waals surface area contributed by atoms with E-state index in [2.05, 4.69) is 29.2 Å². The van der Waals surface area contributed by atoms with Gasteiger partial charge in [-0.1, -0.05) is 30.3 Å². The fraction of sp³-hybridized carbons (Fsp3) is 0.263. The van der Waals surface area contributed by atoms with E-state index in [1.807, 2.05) is 31.2 Å². The highest BCUT2D eigenvalue weighted by Gasteiger charge is 2.16. The molecule has 0 radical (unpaired) electrons. The molecule has 3 rings (SSSR count). The maximum absolute atomic E-state index is 5.82. The van der Waals surface area contributed by atoms with E-state index >= 15 is 0 Å². The van der Waals surface area contributed by atoms with Gasteiger partial charge in [-0.15, -0.1) is 12.4 Å². The van der Waals surface area contributed by atoms with Crippen LogP contribution in [0.1, 0.15) is 11.1 Å². The Morgan fingerprint density at radius 2 is 2.00 bits per heavy atom. The maximum Gasteiger partial charge on any atom is 0.145 e. The van der Waals surface area contributed by atoms with Crippen LogP contribution in [0.5, 0.6) is 5.75 Å². The molecule has 1 aliphatic rings. The van der Waals surface area contributed by atoms with Crippen molar-refractivity contribution in [3.8, 4) is 5.75 Å². The summed E-state index contributed by atoms with van der Waals surface area (Å²) in [4.78, 5) is 2.35. The molecule has 5 heteroatoms. The lowest BCUT2D eigenvalue weighted by atomic mass is 10.2. The Labute approximate surface area is 149 Å². The summed E-state index contributed by atoms with van der Waals surface area (Å²) in [6, 6.07) is 16.1. The summed E-state index contributed by atoms with van der Waals surface area (Å²) in [6.07, 6.45) is 1.70. The molecule has 2 N–H and O–H groups in total. The second-order valence-corrected chi connectivity index (χ2v) is 5.77. The summed E-state index contributed by atoms with van der Waals surface area (Å²) in [5.41, 5.74) is 8.91. The lowest BCUT2D eigenvalue weighted by molar-refractivity contribution is 0.0843. The van der Waals surface area contributed by atoms with Crippen molar-refractivity contribution in [2.75, 3.05) is 25.4 Å². The Kier molecular flexibility index (Phi) is 6.53. The molecule has 0 atom stereocenters. The highest BCUT2D eigenvalue weighted by Crippen LogP contribution is 2.20. The molecule has 1 heterocycles. The van der Waals surface area contributed by atoms with E-state index < -0.39 is 0 Å². The number of ether oxygens (including phenoxy) is 2.